The molecule has 0 saturated heterocycles. The van der Waals surface area contributed by atoms with Crippen molar-refractivity contribution >= 4 is 10.8 Å². The van der Waals surface area contributed by atoms with Gasteiger partial charge in [0.05, 0.1) is 7.11 Å². The Kier molecular flexibility index (Phi) is 3.76. The minimum Gasteiger partial charge on any atom is -0.508 e. The third-order valence-electron chi connectivity index (χ3n) is 4.24. The van der Waals surface area contributed by atoms with E-state index in [-0.39, 0.29) is 0 Å². The molecule has 0 radical (unpaired) electrons. The van der Waals surface area contributed by atoms with Gasteiger partial charge in [-0.1, -0.05) is 36.4 Å². The lowest BCUT2D eigenvalue weighted by Gasteiger charge is -2.14. The molecule has 0 aromatic heterocycles. The number of rotatable bonds is 3. The monoisotopic (exact) mass is 292 g/mol. The van der Waals surface area contributed by atoms with E-state index in [9.17, 15) is 5.11 Å². The zero-order chi connectivity index (χ0) is 15.7. The van der Waals surface area contributed by atoms with Gasteiger partial charge in [0.1, 0.15) is 11.5 Å². The molecule has 0 bridgehead atoms. The van der Waals surface area contributed by atoms with Crippen molar-refractivity contribution < 1.29 is 9.84 Å². The molecular formula is C20H20O2. The highest BCUT2D eigenvalue weighted by Crippen LogP contribution is 2.32. The maximum atomic E-state index is 9.84. The molecule has 0 amide bonds. The minimum absolute atomic E-state index is 0.353. The fourth-order valence-electron chi connectivity index (χ4n) is 2.93. The summed E-state index contributed by atoms with van der Waals surface area (Å²) < 4.78 is 5.57. The number of benzene rings is 3. The van der Waals surface area contributed by atoms with E-state index in [1.165, 1.54) is 21.9 Å². The van der Waals surface area contributed by atoms with Crippen LogP contribution in [0, 0.1) is 13.8 Å². The van der Waals surface area contributed by atoms with Crippen LogP contribution in [0.2, 0.25) is 0 Å². The summed E-state index contributed by atoms with van der Waals surface area (Å²) in [4.78, 5) is 0. The molecule has 22 heavy (non-hydrogen) atoms. The zero-order valence-electron chi connectivity index (χ0n) is 13.2. The molecule has 0 fully saturated rings. The molecular weight excluding hydrogens is 272 g/mol. The van der Waals surface area contributed by atoms with Crippen LogP contribution in [0.15, 0.2) is 48.5 Å². The number of phenols is 1. The van der Waals surface area contributed by atoms with Crippen LogP contribution in [0.25, 0.3) is 10.8 Å². The summed E-state index contributed by atoms with van der Waals surface area (Å²) in [6.45, 7) is 3.96. The maximum Gasteiger partial charge on any atom is 0.123 e. The SMILES string of the molecule is COc1ccc2ccccc2c1Cc1cc(C)c(O)cc1C. The molecule has 0 aliphatic carbocycles. The second-order valence-electron chi connectivity index (χ2n) is 5.71. The molecule has 2 nitrogen and oxygen atoms in total. The summed E-state index contributed by atoms with van der Waals surface area (Å²) >= 11 is 0. The number of hydrogen-bond donors (Lipinski definition) is 1. The molecule has 1 N–H and O–H groups in total. The first-order chi connectivity index (χ1) is 10.6. The van der Waals surface area contributed by atoms with Gasteiger partial charge in [0, 0.05) is 12.0 Å². The lowest BCUT2D eigenvalue weighted by atomic mass is 9.94. The third kappa shape index (κ3) is 2.52. The van der Waals surface area contributed by atoms with E-state index in [4.69, 9.17) is 4.74 Å². The van der Waals surface area contributed by atoms with Crippen molar-refractivity contribution in [3.63, 3.8) is 0 Å². The molecule has 112 valence electrons. The summed E-state index contributed by atoms with van der Waals surface area (Å²) in [7, 11) is 1.71. The number of ether oxygens (including phenoxy) is 1. The molecule has 3 rings (SSSR count). The fraction of sp³-hybridized carbons (Fsp3) is 0.200. The van der Waals surface area contributed by atoms with Crippen LogP contribution < -0.4 is 4.74 Å². The predicted octanol–water partition coefficient (Wildman–Crippen LogP) is 4.76. The summed E-state index contributed by atoms with van der Waals surface area (Å²) in [6.07, 6.45) is 0.789. The Bertz CT molecular complexity index is 834. The molecule has 3 aromatic carbocycles. The average Bonchev–Trinajstić information content (AvgIpc) is 2.52. The molecule has 0 atom stereocenters. The van der Waals surface area contributed by atoms with Gasteiger partial charge in [-0.15, -0.1) is 0 Å². The molecule has 0 unspecified atom stereocenters. The van der Waals surface area contributed by atoms with E-state index in [1.54, 1.807) is 7.11 Å². The van der Waals surface area contributed by atoms with Gasteiger partial charge in [-0.25, -0.2) is 0 Å². The fourth-order valence-corrected chi connectivity index (χ4v) is 2.93. The second-order valence-corrected chi connectivity index (χ2v) is 5.71. The number of methoxy groups -OCH3 is 1. The lowest BCUT2D eigenvalue weighted by molar-refractivity contribution is 0.411. The normalized spacial score (nSPS) is 10.9. The summed E-state index contributed by atoms with van der Waals surface area (Å²) in [5, 5.41) is 12.3. The van der Waals surface area contributed by atoms with Crippen LogP contribution in [-0.4, -0.2) is 12.2 Å². The van der Waals surface area contributed by atoms with Gasteiger partial charge in [0.2, 0.25) is 0 Å². The standard InChI is InChI=1S/C20H20O2/c1-13-11-19(21)14(2)10-16(13)12-18-17-7-5-4-6-15(17)8-9-20(18)22-3/h4-11,21H,12H2,1-3H3. The van der Waals surface area contributed by atoms with Crippen molar-refractivity contribution in [2.75, 3.05) is 7.11 Å². The highest BCUT2D eigenvalue weighted by molar-refractivity contribution is 5.88. The maximum absolute atomic E-state index is 9.84. The molecule has 2 heteroatoms. The number of aryl methyl sites for hydroxylation is 2. The van der Waals surface area contributed by atoms with Crippen molar-refractivity contribution in [3.05, 3.63) is 70.8 Å². The number of hydrogen-bond acceptors (Lipinski definition) is 2. The van der Waals surface area contributed by atoms with E-state index in [0.717, 1.165) is 23.3 Å². The number of fused-ring (bicyclic) bond motifs is 1. The first-order valence-electron chi connectivity index (χ1n) is 7.44. The Balaban J connectivity index is 2.16. The molecule has 0 saturated carbocycles. The van der Waals surface area contributed by atoms with Crippen LogP contribution in [0.1, 0.15) is 22.3 Å². The van der Waals surface area contributed by atoms with Crippen LogP contribution in [0.3, 0.4) is 0 Å². The van der Waals surface area contributed by atoms with Gasteiger partial charge < -0.3 is 9.84 Å². The van der Waals surface area contributed by atoms with Crippen LogP contribution in [0.4, 0.5) is 0 Å². The molecule has 0 aliphatic heterocycles. The van der Waals surface area contributed by atoms with Crippen molar-refractivity contribution in [1.82, 2.24) is 0 Å². The minimum atomic E-state index is 0.353. The summed E-state index contributed by atoms with van der Waals surface area (Å²) in [5.41, 5.74) is 4.40. The van der Waals surface area contributed by atoms with E-state index in [2.05, 4.69) is 36.4 Å². The summed E-state index contributed by atoms with van der Waals surface area (Å²) in [5.74, 6) is 1.26. The largest absolute Gasteiger partial charge is 0.508 e. The van der Waals surface area contributed by atoms with Crippen molar-refractivity contribution in [1.29, 1.82) is 0 Å². The zero-order valence-corrected chi connectivity index (χ0v) is 13.2. The highest BCUT2D eigenvalue weighted by Gasteiger charge is 2.11. The molecule has 0 spiro atoms. The molecule has 3 aromatic rings. The lowest BCUT2D eigenvalue weighted by Crippen LogP contribution is -1.98. The smallest absolute Gasteiger partial charge is 0.123 e. The number of aromatic hydroxyl groups is 1. The molecule has 0 aliphatic rings. The van der Waals surface area contributed by atoms with Crippen molar-refractivity contribution in [3.8, 4) is 11.5 Å². The third-order valence-corrected chi connectivity index (χ3v) is 4.24. The Morgan fingerprint density at radius 1 is 0.955 bits per heavy atom. The second kappa shape index (κ2) is 5.72. The van der Waals surface area contributed by atoms with Crippen molar-refractivity contribution in [2.45, 2.75) is 20.3 Å². The Morgan fingerprint density at radius 3 is 2.50 bits per heavy atom. The highest BCUT2D eigenvalue weighted by atomic mass is 16.5. The van der Waals surface area contributed by atoms with Gasteiger partial charge in [-0.05, 0) is 53.4 Å². The topological polar surface area (TPSA) is 29.5 Å². The van der Waals surface area contributed by atoms with Gasteiger partial charge in [0.25, 0.3) is 0 Å². The van der Waals surface area contributed by atoms with Crippen molar-refractivity contribution in [2.24, 2.45) is 0 Å². The van der Waals surface area contributed by atoms with E-state index >= 15 is 0 Å². The average molecular weight is 292 g/mol. The van der Waals surface area contributed by atoms with Crippen LogP contribution in [-0.2, 0) is 6.42 Å². The Labute approximate surface area is 131 Å². The van der Waals surface area contributed by atoms with E-state index < -0.39 is 0 Å². The van der Waals surface area contributed by atoms with Gasteiger partial charge in [-0.3, -0.25) is 0 Å². The first kappa shape index (κ1) is 14.5. The first-order valence-corrected chi connectivity index (χ1v) is 7.44. The summed E-state index contributed by atoms with van der Waals surface area (Å²) in [6, 6.07) is 16.4. The Hall–Kier alpha value is -2.48. The Morgan fingerprint density at radius 2 is 1.73 bits per heavy atom. The predicted molar refractivity (Wildman–Crippen MR) is 90.9 cm³/mol. The van der Waals surface area contributed by atoms with Gasteiger partial charge in [0.15, 0.2) is 0 Å². The van der Waals surface area contributed by atoms with E-state index in [0.29, 0.717) is 5.75 Å². The van der Waals surface area contributed by atoms with Crippen LogP contribution >= 0.6 is 0 Å². The quantitative estimate of drug-likeness (QED) is 0.754. The van der Waals surface area contributed by atoms with E-state index in [1.807, 2.05) is 26.0 Å². The number of phenolic OH excluding ortho intramolecular Hbond substituents is 1. The van der Waals surface area contributed by atoms with Gasteiger partial charge in [-0.2, -0.15) is 0 Å². The molecule has 0 heterocycles. The van der Waals surface area contributed by atoms with Gasteiger partial charge >= 0.3 is 0 Å². The van der Waals surface area contributed by atoms with Crippen LogP contribution in [0.5, 0.6) is 11.5 Å².